The Balaban J connectivity index is 6.08. The molecule has 0 rings (SSSR count). The summed E-state index contributed by atoms with van der Waals surface area (Å²) in [6.07, 6.45) is 0. The molecule has 0 heterocycles. The van der Waals surface area contributed by atoms with Crippen molar-refractivity contribution in [3.63, 3.8) is 0 Å². The average molecular weight is 554 g/mol. The second kappa shape index (κ2) is 5.48. The smallest absolute Gasteiger partial charge is 0.217 e. The number of halogens is 14. The standard InChI is InChI=1S/C6Br3Cl2F9/c7-1(12,4(16,17)5(9,10)18)3(14,15)2(8,13)6(11,19)20/t1-,2+,5+/m1/s1. The predicted molar refractivity (Wildman–Crippen MR) is 64.8 cm³/mol. The van der Waals surface area contributed by atoms with Crippen LogP contribution in [0.5, 0.6) is 0 Å². The SMILES string of the molecule is FC(F)(Cl)[C@](F)(Br)C(F)(F)[C@](F)(Br)C(F)(F)[C@@](F)(Cl)Br. The number of hydrogen-bond donors (Lipinski definition) is 0. The van der Waals surface area contributed by atoms with E-state index >= 15 is 0 Å². The molecule has 0 aromatic heterocycles. The van der Waals surface area contributed by atoms with Crippen molar-refractivity contribution >= 4 is 71.0 Å². The van der Waals surface area contributed by atoms with Gasteiger partial charge in [-0.25, -0.2) is 13.2 Å². The highest BCUT2D eigenvalue weighted by atomic mass is 79.9. The Kier molecular flexibility index (Phi) is 5.86. The molecule has 0 bridgehead atoms. The first kappa shape index (κ1) is 21.4. The second-order valence-electron chi connectivity index (χ2n) is 3.29. The molecule has 122 valence electrons. The van der Waals surface area contributed by atoms with Gasteiger partial charge in [0.15, 0.2) is 0 Å². The molecule has 0 fully saturated rings. The maximum Gasteiger partial charge on any atom is 0.371 e. The zero-order valence-electron chi connectivity index (χ0n) is 8.29. The van der Waals surface area contributed by atoms with E-state index < -0.39 is 30.4 Å². The molecule has 0 aromatic carbocycles. The lowest BCUT2D eigenvalue weighted by Crippen LogP contribution is -2.67. The van der Waals surface area contributed by atoms with Gasteiger partial charge in [0, 0.05) is 0 Å². The minimum Gasteiger partial charge on any atom is -0.217 e. The van der Waals surface area contributed by atoms with Crippen molar-refractivity contribution in [1.29, 1.82) is 0 Å². The van der Waals surface area contributed by atoms with E-state index in [1.807, 2.05) is 0 Å². The first-order valence-electron chi connectivity index (χ1n) is 3.90. The Morgan fingerprint density at radius 2 is 0.850 bits per heavy atom. The Labute approximate surface area is 140 Å². The summed E-state index contributed by atoms with van der Waals surface area (Å²) in [4.78, 5) is 0. The van der Waals surface area contributed by atoms with E-state index in [4.69, 9.17) is 0 Å². The van der Waals surface area contributed by atoms with Gasteiger partial charge in [0.2, 0.25) is 0 Å². The zero-order chi connectivity index (χ0) is 17.0. The molecule has 3 atom stereocenters. The van der Waals surface area contributed by atoms with Crippen LogP contribution in [0.1, 0.15) is 0 Å². The lowest BCUT2D eigenvalue weighted by Gasteiger charge is -2.42. The lowest BCUT2D eigenvalue weighted by molar-refractivity contribution is -0.263. The van der Waals surface area contributed by atoms with Crippen LogP contribution < -0.4 is 0 Å². The highest BCUT2D eigenvalue weighted by Crippen LogP contribution is 2.64. The summed E-state index contributed by atoms with van der Waals surface area (Å²) in [5, 5.41) is -5.53. The molecule has 0 saturated heterocycles. The topological polar surface area (TPSA) is 0 Å². The third kappa shape index (κ3) is 3.05. The van der Waals surface area contributed by atoms with Crippen LogP contribution in [0.4, 0.5) is 39.5 Å². The third-order valence-electron chi connectivity index (χ3n) is 1.90. The van der Waals surface area contributed by atoms with E-state index in [1.54, 1.807) is 0 Å². The predicted octanol–water partition coefficient (Wildman–Crippen LogP) is 6.47. The van der Waals surface area contributed by atoms with E-state index in [1.165, 1.54) is 15.9 Å². The van der Waals surface area contributed by atoms with Crippen molar-refractivity contribution in [2.24, 2.45) is 0 Å². The fourth-order valence-corrected chi connectivity index (χ4v) is 2.74. The van der Waals surface area contributed by atoms with Crippen molar-refractivity contribution in [2.45, 2.75) is 30.4 Å². The summed E-state index contributed by atoms with van der Waals surface area (Å²) >= 11 is 11.7. The molecular weight excluding hydrogens is 554 g/mol. The largest absolute Gasteiger partial charge is 0.371 e. The summed E-state index contributed by atoms with van der Waals surface area (Å²) < 4.78 is 102. The Bertz CT molecular complexity index is 337. The van der Waals surface area contributed by atoms with Crippen LogP contribution >= 0.6 is 71.0 Å². The fraction of sp³-hybridized carbons (Fsp3) is 1.00. The average Bonchev–Trinajstić information content (AvgIpc) is 2.12. The van der Waals surface area contributed by atoms with Gasteiger partial charge in [-0.05, 0) is 59.4 Å². The molecule has 0 amide bonds. The molecule has 0 aliphatic carbocycles. The molecule has 0 aromatic rings. The Hall–Kier alpha value is 1.39. The first-order chi connectivity index (χ1) is 8.25. The van der Waals surface area contributed by atoms with Gasteiger partial charge in [0.1, 0.15) is 0 Å². The summed E-state index contributed by atoms with van der Waals surface area (Å²) in [6.45, 7) is 0. The van der Waals surface area contributed by atoms with Crippen molar-refractivity contribution < 1.29 is 39.5 Å². The molecule has 0 nitrogen and oxygen atoms in total. The molecule has 0 saturated carbocycles. The van der Waals surface area contributed by atoms with Gasteiger partial charge < -0.3 is 0 Å². The normalized spacial score (nSPS) is 23.7. The molecule has 0 aliphatic rings. The van der Waals surface area contributed by atoms with Gasteiger partial charge in [0.25, 0.3) is 4.58 Å². The van der Waals surface area contributed by atoms with Crippen LogP contribution in [0.25, 0.3) is 0 Å². The molecule has 14 heteroatoms. The zero-order valence-corrected chi connectivity index (χ0v) is 14.6. The maximum atomic E-state index is 13.6. The van der Waals surface area contributed by atoms with Crippen molar-refractivity contribution in [2.75, 3.05) is 0 Å². The highest BCUT2D eigenvalue weighted by Gasteiger charge is 2.85. The lowest BCUT2D eigenvalue weighted by atomic mass is 10.0. The van der Waals surface area contributed by atoms with Crippen molar-refractivity contribution in [1.82, 2.24) is 0 Å². The van der Waals surface area contributed by atoms with Gasteiger partial charge in [0.05, 0.1) is 0 Å². The van der Waals surface area contributed by atoms with Crippen molar-refractivity contribution in [3.8, 4) is 0 Å². The number of hydrogen-bond acceptors (Lipinski definition) is 0. The van der Waals surface area contributed by atoms with Crippen LogP contribution in [0.3, 0.4) is 0 Å². The van der Waals surface area contributed by atoms with Gasteiger partial charge in [-0.3, -0.25) is 0 Å². The van der Waals surface area contributed by atoms with Gasteiger partial charge in [-0.2, -0.15) is 26.3 Å². The van der Waals surface area contributed by atoms with Crippen LogP contribution in [-0.4, -0.2) is 30.4 Å². The molecule has 0 aliphatic heterocycles. The fourth-order valence-electron chi connectivity index (χ4n) is 0.750. The number of alkyl halides is 14. The minimum atomic E-state index is -6.27. The second-order valence-corrected chi connectivity index (χ2v) is 8.02. The molecule has 0 N–H and O–H groups in total. The van der Waals surface area contributed by atoms with Crippen LogP contribution in [0, 0.1) is 0 Å². The van der Waals surface area contributed by atoms with Crippen LogP contribution in [-0.2, 0) is 0 Å². The first-order valence-corrected chi connectivity index (χ1v) is 7.03. The molecular formula is C6Br3Cl2F9. The Morgan fingerprint density at radius 3 is 1.05 bits per heavy atom. The summed E-state index contributed by atoms with van der Waals surface area (Å²) in [6, 6.07) is 0. The van der Waals surface area contributed by atoms with Gasteiger partial charge >= 0.3 is 25.8 Å². The molecule has 0 spiro atoms. The summed E-state index contributed by atoms with van der Waals surface area (Å²) in [7, 11) is 0. The van der Waals surface area contributed by atoms with E-state index in [-0.39, 0.29) is 0 Å². The molecule has 20 heavy (non-hydrogen) atoms. The van der Waals surface area contributed by atoms with Gasteiger partial charge in [-0.1, -0.05) is 11.6 Å². The van der Waals surface area contributed by atoms with E-state index in [0.717, 1.165) is 31.9 Å². The van der Waals surface area contributed by atoms with Crippen molar-refractivity contribution in [3.05, 3.63) is 0 Å². The van der Waals surface area contributed by atoms with E-state index in [2.05, 4.69) is 23.2 Å². The molecule has 0 unspecified atom stereocenters. The van der Waals surface area contributed by atoms with Gasteiger partial charge in [-0.15, -0.1) is 0 Å². The maximum absolute atomic E-state index is 13.6. The van der Waals surface area contributed by atoms with E-state index in [9.17, 15) is 39.5 Å². The molecule has 0 radical (unpaired) electrons. The summed E-state index contributed by atoms with van der Waals surface area (Å²) in [5.74, 6) is -12.2. The van der Waals surface area contributed by atoms with Crippen LogP contribution in [0.15, 0.2) is 0 Å². The summed E-state index contributed by atoms with van der Waals surface area (Å²) in [5.41, 5.74) is 0. The quantitative estimate of drug-likeness (QED) is 0.271. The van der Waals surface area contributed by atoms with Crippen LogP contribution in [0.2, 0.25) is 0 Å². The minimum absolute atomic E-state index is 1.01. The van der Waals surface area contributed by atoms with E-state index in [0.29, 0.717) is 0 Å². The monoisotopic (exact) mass is 550 g/mol. The highest BCUT2D eigenvalue weighted by molar-refractivity contribution is 9.11. The third-order valence-corrected chi connectivity index (χ3v) is 5.11. The number of rotatable bonds is 5. The Morgan fingerprint density at radius 1 is 0.550 bits per heavy atom.